The largest absolute Gasteiger partial charge is 0.459 e. The zero-order chi connectivity index (χ0) is 26.1. The average molecular weight is 505 g/mol. The number of amides is 1. The lowest BCUT2D eigenvalue weighted by molar-refractivity contribution is -0.158. The molecule has 2 atom stereocenters. The molecule has 2 unspecified atom stereocenters. The van der Waals surface area contributed by atoms with E-state index in [1.54, 1.807) is 0 Å². The van der Waals surface area contributed by atoms with Gasteiger partial charge in [-0.25, -0.2) is 0 Å². The van der Waals surface area contributed by atoms with Crippen molar-refractivity contribution in [3.8, 4) is 11.1 Å². The molecule has 1 amide bonds. The van der Waals surface area contributed by atoms with Gasteiger partial charge in [0.05, 0.1) is 0 Å². The van der Waals surface area contributed by atoms with Crippen LogP contribution in [0.5, 0.6) is 0 Å². The minimum Gasteiger partial charge on any atom is -0.459 e. The van der Waals surface area contributed by atoms with Gasteiger partial charge in [0, 0.05) is 22.7 Å². The second-order valence-electron chi connectivity index (χ2n) is 10.8. The second kappa shape index (κ2) is 9.72. The zero-order valence-corrected chi connectivity index (χ0v) is 22.0. The molecule has 188 valence electrons. The van der Waals surface area contributed by atoms with Crippen molar-refractivity contribution >= 4 is 29.2 Å². The fourth-order valence-electron chi connectivity index (χ4n) is 4.55. The predicted molar refractivity (Wildman–Crippen MR) is 145 cm³/mol. The average Bonchev–Trinajstić information content (AvgIpc) is 3.41. The van der Waals surface area contributed by atoms with Crippen molar-refractivity contribution in [1.82, 2.24) is 0 Å². The summed E-state index contributed by atoms with van der Waals surface area (Å²) < 4.78 is 5.68. The van der Waals surface area contributed by atoms with Crippen molar-refractivity contribution < 1.29 is 14.3 Å². The molecule has 1 aliphatic carbocycles. The van der Waals surface area contributed by atoms with Gasteiger partial charge in [-0.15, -0.1) is 0 Å². The van der Waals surface area contributed by atoms with Crippen LogP contribution in [-0.4, -0.2) is 23.0 Å². The number of nitrogens with one attached hydrogen (secondary N) is 1. The lowest BCUT2D eigenvalue weighted by Crippen LogP contribution is -2.40. The fourth-order valence-corrected chi connectivity index (χ4v) is 4.68. The number of carbonyl (C=O) groups is 2. The Hall–Kier alpha value is -3.15. The van der Waals surface area contributed by atoms with Crippen LogP contribution in [0.2, 0.25) is 5.02 Å². The van der Waals surface area contributed by atoms with Crippen molar-refractivity contribution in [1.29, 1.82) is 0 Å². The third-order valence-electron chi connectivity index (χ3n) is 6.66. The van der Waals surface area contributed by atoms with Gasteiger partial charge in [-0.2, -0.15) is 0 Å². The third-order valence-corrected chi connectivity index (χ3v) is 6.92. The first-order valence-electron chi connectivity index (χ1n) is 12.2. The van der Waals surface area contributed by atoms with Crippen molar-refractivity contribution in [3.63, 3.8) is 0 Å². The number of carbonyl (C=O) groups excluding carboxylic acids is 2. The van der Waals surface area contributed by atoms with Crippen molar-refractivity contribution in [2.24, 2.45) is 5.73 Å². The van der Waals surface area contributed by atoms with Gasteiger partial charge >= 0.3 is 5.97 Å². The number of benzene rings is 3. The van der Waals surface area contributed by atoms with Crippen LogP contribution in [0.1, 0.15) is 51.7 Å². The van der Waals surface area contributed by atoms with Gasteiger partial charge in [0.15, 0.2) is 0 Å². The third kappa shape index (κ3) is 5.63. The number of ether oxygens (including phenoxy) is 1. The highest BCUT2D eigenvalue weighted by atomic mass is 35.5. The fraction of sp³-hybridized carbons (Fsp3) is 0.333. The van der Waals surface area contributed by atoms with E-state index in [2.05, 4.69) is 5.32 Å². The van der Waals surface area contributed by atoms with E-state index in [0.29, 0.717) is 24.3 Å². The summed E-state index contributed by atoms with van der Waals surface area (Å²) >= 11 is 5.96. The lowest BCUT2D eigenvalue weighted by atomic mass is 9.90. The van der Waals surface area contributed by atoms with Crippen LogP contribution in [0, 0.1) is 0 Å². The van der Waals surface area contributed by atoms with Crippen LogP contribution >= 0.6 is 11.6 Å². The molecule has 4 rings (SSSR count). The molecule has 6 heteroatoms. The molecule has 3 aromatic carbocycles. The monoisotopic (exact) mass is 504 g/mol. The Morgan fingerprint density at radius 3 is 1.97 bits per heavy atom. The summed E-state index contributed by atoms with van der Waals surface area (Å²) in [5.41, 5.74) is 9.10. The molecule has 1 saturated carbocycles. The maximum atomic E-state index is 13.0. The van der Waals surface area contributed by atoms with E-state index < -0.39 is 16.6 Å². The highest BCUT2D eigenvalue weighted by Gasteiger charge is 2.69. The highest BCUT2D eigenvalue weighted by molar-refractivity contribution is 6.30. The van der Waals surface area contributed by atoms with E-state index in [1.807, 2.05) is 100 Å². The molecule has 0 aromatic heterocycles. The summed E-state index contributed by atoms with van der Waals surface area (Å²) in [6.07, 6.45) is 1.49. The Balaban J connectivity index is 1.34. The molecule has 1 aliphatic rings. The van der Waals surface area contributed by atoms with Gasteiger partial charge in [-0.3, -0.25) is 9.59 Å². The minimum atomic E-state index is -0.825. The number of rotatable bonds is 7. The van der Waals surface area contributed by atoms with Crippen LogP contribution in [0.15, 0.2) is 72.8 Å². The van der Waals surface area contributed by atoms with Gasteiger partial charge < -0.3 is 15.8 Å². The number of nitrogens with two attached hydrogens (primary N) is 1. The predicted octanol–water partition coefficient (Wildman–Crippen LogP) is 6.28. The molecule has 36 heavy (non-hydrogen) atoms. The van der Waals surface area contributed by atoms with Crippen LogP contribution in [0.3, 0.4) is 0 Å². The first kappa shape index (κ1) is 25.9. The van der Waals surface area contributed by atoms with Gasteiger partial charge in [0.2, 0.25) is 5.91 Å². The summed E-state index contributed by atoms with van der Waals surface area (Å²) in [5, 5.41) is 3.65. The molecule has 0 spiro atoms. The van der Waals surface area contributed by atoms with Crippen molar-refractivity contribution in [2.45, 2.75) is 63.5 Å². The van der Waals surface area contributed by atoms with E-state index in [4.69, 9.17) is 22.1 Å². The normalized spacial score (nSPS) is 21.1. The number of hydrogen-bond donors (Lipinski definition) is 2. The van der Waals surface area contributed by atoms with E-state index in [1.165, 1.54) is 0 Å². The minimum absolute atomic E-state index is 0.0553. The summed E-state index contributed by atoms with van der Waals surface area (Å²) in [5.74, 6) is -0.338. The molecular formula is C30H33ClN2O3. The Bertz CT molecular complexity index is 1240. The molecule has 1 fully saturated rings. The molecular weight excluding hydrogens is 472 g/mol. The maximum Gasteiger partial charge on any atom is 0.319 e. The van der Waals surface area contributed by atoms with E-state index in [0.717, 1.165) is 27.9 Å². The number of aryl methyl sites for hydroxylation is 1. The van der Waals surface area contributed by atoms with Crippen LogP contribution < -0.4 is 11.1 Å². The topological polar surface area (TPSA) is 81.4 Å². The number of esters is 1. The van der Waals surface area contributed by atoms with Gasteiger partial charge in [-0.05, 0) is 87.1 Å². The molecule has 0 bridgehead atoms. The molecule has 5 nitrogen and oxygen atoms in total. The van der Waals surface area contributed by atoms with Gasteiger partial charge in [-0.1, -0.05) is 60.1 Å². The van der Waals surface area contributed by atoms with Crippen LogP contribution in [0.4, 0.5) is 5.69 Å². The Kier molecular flexibility index (Phi) is 7.00. The maximum absolute atomic E-state index is 13.0. The van der Waals surface area contributed by atoms with E-state index in [-0.39, 0.29) is 11.9 Å². The smallest absolute Gasteiger partial charge is 0.319 e. The Morgan fingerprint density at radius 2 is 1.47 bits per heavy atom. The standard InChI is InChI=1S/C30H33ClN2O3/c1-28(2,3)36-27(35)30(19-29(30,4)32)23-12-5-20(6-13-23)7-18-26(34)33-25-16-10-22(11-17-25)21-8-14-24(31)15-9-21/h5-6,8-17H,7,18-19,32H2,1-4H3,(H,33,34). The van der Waals surface area contributed by atoms with Crippen LogP contribution in [0.25, 0.3) is 11.1 Å². The molecule has 0 heterocycles. The molecule has 0 saturated heterocycles. The summed E-state index contributed by atoms with van der Waals surface area (Å²) in [6.45, 7) is 7.46. The van der Waals surface area contributed by atoms with Crippen molar-refractivity contribution in [2.75, 3.05) is 5.32 Å². The molecule has 3 N–H and O–H groups in total. The molecule has 0 aliphatic heterocycles. The highest BCUT2D eigenvalue weighted by Crippen LogP contribution is 2.57. The molecule has 0 radical (unpaired) electrons. The first-order chi connectivity index (χ1) is 16.9. The van der Waals surface area contributed by atoms with Gasteiger partial charge in [0.1, 0.15) is 11.0 Å². The van der Waals surface area contributed by atoms with Crippen molar-refractivity contribution in [3.05, 3.63) is 88.9 Å². The summed E-state index contributed by atoms with van der Waals surface area (Å²) in [4.78, 5) is 25.5. The SMILES string of the molecule is CC(C)(C)OC(=O)C1(c2ccc(CCC(=O)Nc3ccc(-c4ccc(Cl)cc4)cc3)cc2)CC1(C)N. The lowest BCUT2D eigenvalue weighted by Gasteiger charge is -2.26. The number of anilines is 1. The zero-order valence-electron chi connectivity index (χ0n) is 21.2. The first-order valence-corrected chi connectivity index (χ1v) is 12.6. The number of halogens is 1. The molecule has 3 aromatic rings. The van der Waals surface area contributed by atoms with Crippen LogP contribution in [-0.2, 0) is 26.2 Å². The van der Waals surface area contributed by atoms with E-state index >= 15 is 0 Å². The number of hydrogen-bond acceptors (Lipinski definition) is 4. The van der Waals surface area contributed by atoms with E-state index in [9.17, 15) is 9.59 Å². The summed E-state index contributed by atoms with van der Waals surface area (Å²) in [7, 11) is 0. The Morgan fingerprint density at radius 1 is 0.944 bits per heavy atom. The summed E-state index contributed by atoms with van der Waals surface area (Å²) in [6, 6.07) is 23.2. The quantitative estimate of drug-likeness (QED) is 0.371. The van der Waals surface area contributed by atoms with Gasteiger partial charge in [0.25, 0.3) is 0 Å². The second-order valence-corrected chi connectivity index (χ2v) is 11.3. The Labute approximate surface area is 218 Å².